The molecule has 2 aromatic rings. The van der Waals surface area contributed by atoms with Crippen LogP contribution in [0.15, 0.2) is 36.5 Å². The van der Waals surface area contributed by atoms with Crippen molar-refractivity contribution in [3.8, 4) is 11.5 Å². The second-order valence-corrected chi connectivity index (χ2v) is 18.0. The Morgan fingerprint density at radius 3 is 2.23 bits per heavy atom. The third-order valence-electron chi connectivity index (χ3n) is 8.51. The SMILES string of the molecule is CC(C)(C)[Si](C)(C)OCCN(C(=O)COc1ccc(C(F)(F)F)nc1)C12CC(NC(=O)COc3ccc(Cl)c(F)c3)(C1)C2. The molecule has 3 fully saturated rings. The third-order valence-corrected chi connectivity index (χ3v) is 13.4. The van der Waals surface area contributed by atoms with Crippen LogP contribution in [0.1, 0.15) is 45.7 Å². The van der Waals surface area contributed by atoms with Gasteiger partial charge in [0.05, 0.1) is 17.8 Å². The van der Waals surface area contributed by atoms with Crippen LogP contribution in [-0.2, 0) is 20.2 Å². The number of amides is 2. The second kappa shape index (κ2) is 11.9. The third kappa shape index (κ3) is 7.43. The van der Waals surface area contributed by atoms with Crippen molar-refractivity contribution in [2.75, 3.05) is 26.4 Å². The molecule has 3 saturated carbocycles. The van der Waals surface area contributed by atoms with Crippen molar-refractivity contribution in [1.82, 2.24) is 15.2 Å². The van der Waals surface area contributed by atoms with Crippen LogP contribution in [0.3, 0.4) is 0 Å². The maximum absolute atomic E-state index is 13.6. The van der Waals surface area contributed by atoms with Crippen LogP contribution in [0.25, 0.3) is 0 Å². The monoisotopic (exact) mass is 645 g/mol. The molecular weight excluding hydrogens is 610 g/mol. The summed E-state index contributed by atoms with van der Waals surface area (Å²) >= 11 is 5.68. The summed E-state index contributed by atoms with van der Waals surface area (Å²) in [5.74, 6) is -1.15. The van der Waals surface area contributed by atoms with Gasteiger partial charge in [-0.25, -0.2) is 9.37 Å². The van der Waals surface area contributed by atoms with Gasteiger partial charge in [0.25, 0.3) is 11.8 Å². The number of carbonyl (C=O) groups excluding carboxylic acids is 2. The molecule has 2 bridgehead atoms. The average Bonchev–Trinajstić information content (AvgIpc) is 2.86. The van der Waals surface area contributed by atoms with Gasteiger partial charge in [-0.1, -0.05) is 32.4 Å². The summed E-state index contributed by atoms with van der Waals surface area (Å²) in [4.78, 5) is 31.1. The van der Waals surface area contributed by atoms with Crippen molar-refractivity contribution in [3.05, 3.63) is 53.1 Å². The number of pyridine rings is 1. The molecule has 236 valence electrons. The molecule has 5 rings (SSSR count). The summed E-state index contributed by atoms with van der Waals surface area (Å²) in [6, 6.07) is 5.83. The van der Waals surface area contributed by atoms with Gasteiger partial charge in [-0.2, -0.15) is 13.2 Å². The number of ether oxygens (including phenoxy) is 2. The van der Waals surface area contributed by atoms with Gasteiger partial charge < -0.3 is 24.1 Å². The van der Waals surface area contributed by atoms with E-state index in [1.165, 1.54) is 12.1 Å². The first-order valence-corrected chi connectivity index (χ1v) is 17.1. The number of nitrogens with one attached hydrogen (secondary N) is 1. The van der Waals surface area contributed by atoms with Crippen molar-refractivity contribution in [2.45, 2.75) is 75.4 Å². The molecule has 0 unspecified atom stereocenters. The Bertz CT molecular complexity index is 1330. The molecule has 0 aliphatic heterocycles. The van der Waals surface area contributed by atoms with Gasteiger partial charge >= 0.3 is 6.18 Å². The highest BCUT2D eigenvalue weighted by molar-refractivity contribution is 6.74. The maximum Gasteiger partial charge on any atom is 0.433 e. The lowest BCUT2D eigenvalue weighted by atomic mass is 9.43. The van der Waals surface area contributed by atoms with Crippen LogP contribution in [0.4, 0.5) is 17.6 Å². The fourth-order valence-electron chi connectivity index (χ4n) is 5.29. The summed E-state index contributed by atoms with van der Waals surface area (Å²) < 4.78 is 69.3. The topological polar surface area (TPSA) is 90.0 Å². The van der Waals surface area contributed by atoms with E-state index < -0.39 is 37.1 Å². The number of carbonyl (C=O) groups is 2. The average molecular weight is 646 g/mol. The highest BCUT2D eigenvalue weighted by atomic mass is 35.5. The quantitative estimate of drug-likeness (QED) is 0.225. The zero-order valence-corrected chi connectivity index (χ0v) is 26.5. The van der Waals surface area contributed by atoms with E-state index in [-0.39, 0.29) is 46.6 Å². The smallest absolute Gasteiger partial charge is 0.433 e. The Labute approximate surface area is 254 Å². The molecule has 1 heterocycles. The first-order valence-electron chi connectivity index (χ1n) is 13.8. The van der Waals surface area contributed by atoms with Crippen LogP contribution < -0.4 is 14.8 Å². The van der Waals surface area contributed by atoms with E-state index in [1.807, 2.05) is 0 Å². The molecule has 1 aromatic heterocycles. The minimum atomic E-state index is -4.58. The molecule has 8 nitrogen and oxygen atoms in total. The van der Waals surface area contributed by atoms with Gasteiger partial charge in [0.1, 0.15) is 23.0 Å². The van der Waals surface area contributed by atoms with E-state index in [1.54, 1.807) is 4.90 Å². The standard InChI is InChI=1S/C29H36ClF4N3O5Si/c1-26(2,3)43(4,5)42-11-10-37(25(39)15-41-20-7-9-23(35-13-20)29(32,33)34)28-16-27(17-28,18-28)36-24(38)14-40-19-6-8-21(30)22(31)12-19/h6-9,12-13H,10-11,14-18H2,1-5H3,(H,36,38). The summed E-state index contributed by atoms with van der Waals surface area (Å²) in [7, 11) is -2.09. The van der Waals surface area contributed by atoms with Crippen molar-refractivity contribution in [3.63, 3.8) is 0 Å². The maximum atomic E-state index is 13.6. The Kier molecular flexibility index (Phi) is 9.12. The molecule has 14 heteroatoms. The second-order valence-electron chi connectivity index (χ2n) is 12.8. The normalized spacial score (nSPS) is 21.3. The number of benzene rings is 1. The van der Waals surface area contributed by atoms with E-state index in [0.717, 1.165) is 24.4 Å². The van der Waals surface area contributed by atoms with Gasteiger partial charge in [0.2, 0.25) is 0 Å². The van der Waals surface area contributed by atoms with E-state index in [4.69, 9.17) is 25.5 Å². The van der Waals surface area contributed by atoms with Crippen LogP contribution in [0.2, 0.25) is 23.2 Å². The molecule has 1 N–H and O–H groups in total. The minimum Gasteiger partial charge on any atom is -0.484 e. The van der Waals surface area contributed by atoms with Crippen LogP contribution in [0, 0.1) is 5.82 Å². The molecule has 3 aliphatic rings. The van der Waals surface area contributed by atoms with Crippen molar-refractivity contribution >= 4 is 31.7 Å². The van der Waals surface area contributed by atoms with E-state index in [2.05, 4.69) is 44.2 Å². The molecular formula is C29H36ClF4N3O5Si. The number of alkyl halides is 3. The van der Waals surface area contributed by atoms with Gasteiger partial charge in [-0.05, 0) is 61.7 Å². The predicted molar refractivity (Wildman–Crippen MR) is 154 cm³/mol. The fourth-order valence-corrected chi connectivity index (χ4v) is 6.44. The zero-order chi connectivity index (χ0) is 31.8. The van der Waals surface area contributed by atoms with E-state index >= 15 is 0 Å². The summed E-state index contributed by atoms with van der Waals surface area (Å²) in [6.07, 6.45) is -2.07. The van der Waals surface area contributed by atoms with E-state index in [0.29, 0.717) is 32.4 Å². The largest absolute Gasteiger partial charge is 0.484 e. The fraction of sp³-hybridized carbons (Fsp3) is 0.552. The first-order chi connectivity index (χ1) is 19.8. The Morgan fingerprint density at radius 2 is 1.67 bits per heavy atom. The Hall–Kier alpha value is -2.90. The summed E-state index contributed by atoms with van der Waals surface area (Å²) in [6.45, 7) is 10.5. The lowest BCUT2D eigenvalue weighted by Crippen LogP contribution is -2.84. The molecule has 0 atom stereocenters. The molecule has 0 radical (unpaired) electrons. The van der Waals surface area contributed by atoms with E-state index in [9.17, 15) is 27.2 Å². The van der Waals surface area contributed by atoms with Gasteiger partial charge in [-0.3, -0.25) is 9.59 Å². The number of hydrogen-bond acceptors (Lipinski definition) is 6. The molecule has 43 heavy (non-hydrogen) atoms. The van der Waals surface area contributed by atoms with Gasteiger partial charge in [0, 0.05) is 23.7 Å². The Balaban J connectivity index is 1.35. The summed E-state index contributed by atoms with van der Waals surface area (Å²) in [5, 5.41) is 2.90. The number of hydrogen-bond donors (Lipinski definition) is 1. The molecule has 0 spiro atoms. The highest BCUT2D eigenvalue weighted by Gasteiger charge is 2.71. The number of aromatic nitrogens is 1. The van der Waals surface area contributed by atoms with Gasteiger partial charge in [0.15, 0.2) is 21.5 Å². The van der Waals surface area contributed by atoms with Crippen LogP contribution in [0.5, 0.6) is 11.5 Å². The zero-order valence-electron chi connectivity index (χ0n) is 24.7. The molecule has 0 saturated heterocycles. The number of nitrogens with zero attached hydrogens (tertiary/aromatic N) is 2. The van der Waals surface area contributed by atoms with Crippen LogP contribution in [-0.4, -0.2) is 67.5 Å². The van der Waals surface area contributed by atoms with Crippen molar-refractivity contribution < 1.29 is 41.1 Å². The van der Waals surface area contributed by atoms with Crippen LogP contribution >= 0.6 is 11.6 Å². The first kappa shape index (κ1) is 33.0. The number of halogens is 5. The predicted octanol–water partition coefficient (Wildman–Crippen LogP) is 5.99. The molecule has 1 aromatic carbocycles. The lowest BCUT2D eigenvalue weighted by Gasteiger charge is -2.73. The summed E-state index contributed by atoms with van der Waals surface area (Å²) in [5.41, 5.74) is -2.03. The molecule has 3 aliphatic carbocycles. The highest BCUT2D eigenvalue weighted by Crippen LogP contribution is 2.63. The lowest BCUT2D eigenvalue weighted by molar-refractivity contribution is -0.194. The van der Waals surface area contributed by atoms with Gasteiger partial charge in [-0.15, -0.1) is 0 Å². The Morgan fingerprint density at radius 1 is 1.05 bits per heavy atom. The number of rotatable bonds is 12. The van der Waals surface area contributed by atoms with Crippen molar-refractivity contribution in [2.24, 2.45) is 0 Å². The minimum absolute atomic E-state index is 0.0228. The van der Waals surface area contributed by atoms with Crippen molar-refractivity contribution in [1.29, 1.82) is 0 Å². The molecule has 2 amide bonds.